The van der Waals surface area contributed by atoms with Gasteiger partial charge in [0, 0.05) is 18.2 Å². The maximum Gasteiger partial charge on any atom is 0.105 e. The molecular weight excluding hydrogens is 174 g/mol. The van der Waals surface area contributed by atoms with Crippen molar-refractivity contribution in [2.45, 2.75) is 51.6 Å². The first-order valence-electron chi connectivity index (χ1n) is 5.62. The van der Waals surface area contributed by atoms with Gasteiger partial charge in [-0.15, -0.1) is 0 Å². The van der Waals surface area contributed by atoms with E-state index in [-0.39, 0.29) is 0 Å². The molecule has 1 aliphatic rings. The fourth-order valence-electron chi connectivity index (χ4n) is 2.16. The van der Waals surface area contributed by atoms with Crippen molar-refractivity contribution in [2.24, 2.45) is 0 Å². The normalized spacial score (nSPS) is 18.6. The molecule has 0 spiro atoms. The van der Waals surface area contributed by atoms with E-state index in [1.165, 1.54) is 37.7 Å². The van der Waals surface area contributed by atoms with E-state index in [4.69, 9.17) is 4.42 Å². The molecule has 0 unspecified atom stereocenters. The van der Waals surface area contributed by atoms with E-state index in [9.17, 15) is 0 Å². The van der Waals surface area contributed by atoms with Crippen LogP contribution in [0.1, 0.15) is 43.4 Å². The van der Waals surface area contributed by atoms with Crippen LogP contribution in [0.5, 0.6) is 0 Å². The van der Waals surface area contributed by atoms with E-state index in [1.807, 2.05) is 6.92 Å². The van der Waals surface area contributed by atoms with Crippen LogP contribution in [-0.4, -0.2) is 6.04 Å². The molecule has 1 saturated carbocycles. The van der Waals surface area contributed by atoms with E-state index in [0.29, 0.717) is 0 Å². The zero-order valence-corrected chi connectivity index (χ0v) is 8.88. The zero-order valence-electron chi connectivity index (χ0n) is 8.88. The number of rotatable bonds is 3. The van der Waals surface area contributed by atoms with Crippen LogP contribution in [0, 0.1) is 6.92 Å². The van der Waals surface area contributed by atoms with Gasteiger partial charge in [0.2, 0.25) is 0 Å². The summed E-state index contributed by atoms with van der Waals surface area (Å²) < 4.78 is 5.26. The molecule has 0 amide bonds. The monoisotopic (exact) mass is 193 g/mol. The lowest BCUT2D eigenvalue weighted by molar-refractivity contribution is 0.371. The molecule has 1 heterocycles. The average Bonchev–Trinajstić information content (AvgIpc) is 2.63. The molecule has 14 heavy (non-hydrogen) atoms. The summed E-state index contributed by atoms with van der Waals surface area (Å²) in [4.78, 5) is 0. The first-order chi connectivity index (χ1) is 6.86. The highest BCUT2D eigenvalue weighted by Crippen LogP contribution is 2.18. The molecule has 2 rings (SSSR count). The second kappa shape index (κ2) is 4.65. The third-order valence-electron chi connectivity index (χ3n) is 3.15. The minimum atomic E-state index is 0.734. The van der Waals surface area contributed by atoms with Crippen molar-refractivity contribution in [2.75, 3.05) is 0 Å². The lowest BCUT2D eigenvalue weighted by atomic mass is 9.95. The Morgan fingerprint density at radius 2 is 2.14 bits per heavy atom. The number of hydrogen-bond donors (Lipinski definition) is 1. The maximum atomic E-state index is 5.26. The Hall–Kier alpha value is -0.760. The summed E-state index contributed by atoms with van der Waals surface area (Å²) in [7, 11) is 0. The van der Waals surface area contributed by atoms with Crippen molar-refractivity contribution in [1.82, 2.24) is 5.32 Å². The van der Waals surface area contributed by atoms with Crippen molar-refractivity contribution in [3.63, 3.8) is 0 Å². The zero-order chi connectivity index (χ0) is 9.80. The highest BCUT2D eigenvalue weighted by Gasteiger charge is 2.12. The van der Waals surface area contributed by atoms with E-state index < -0.39 is 0 Å². The van der Waals surface area contributed by atoms with E-state index in [1.54, 1.807) is 6.26 Å². The minimum absolute atomic E-state index is 0.734. The lowest BCUT2D eigenvalue weighted by Gasteiger charge is -2.22. The van der Waals surface area contributed by atoms with Gasteiger partial charge in [0.15, 0.2) is 0 Å². The van der Waals surface area contributed by atoms with Crippen molar-refractivity contribution >= 4 is 0 Å². The molecule has 0 aromatic carbocycles. The van der Waals surface area contributed by atoms with Crippen LogP contribution >= 0.6 is 0 Å². The fraction of sp³-hybridized carbons (Fsp3) is 0.667. The van der Waals surface area contributed by atoms with Gasteiger partial charge in [0.05, 0.1) is 6.26 Å². The molecule has 0 radical (unpaired) electrons. The first kappa shape index (κ1) is 9.78. The summed E-state index contributed by atoms with van der Waals surface area (Å²) in [6.45, 7) is 2.99. The van der Waals surface area contributed by atoms with Crippen molar-refractivity contribution in [1.29, 1.82) is 0 Å². The van der Waals surface area contributed by atoms with Crippen molar-refractivity contribution < 1.29 is 4.42 Å². The summed E-state index contributed by atoms with van der Waals surface area (Å²) in [5.74, 6) is 1.05. The summed E-state index contributed by atoms with van der Waals surface area (Å²) in [6.07, 6.45) is 8.66. The Kier molecular flexibility index (Phi) is 3.25. The van der Waals surface area contributed by atoms with E-state index in [2.05, 4.69) is 11.4 Å². The maximum absolute atomic E-state index is 5.26. The topological polar surface area (TPSA) is 25.2 Å². The Labute approximate surface area is 85.7 Å². The average molecular weight is 193 g/mol. The van der Waals surface area contributed by atoms with Gasteiger partial charge in [0.1, 0.15) is 5.76 Å². The van der Waals surface area contributed by atoms with E-state index in [0.717, 1.165) is 18.3 Å². The quantitative estimate of drug-likeness (QED) is 0.798. The Bertz CT molecular complexity index is 274. The fourth-order valence-corrected chi connectivity index (χ4v) is 2.16. The number of hydrogen-bond acceptors (Lipinski definition) is 2. The highest BCUT2D eigenvalue weighted by atomic mass is 16.3. The molecule has 0 saturated heterocycles. The molecule has 1 aromatic rings. The molecule has 78 valence electrons. The number of aryl methyl sites for hydroxylation is 1. The van der Waals surface area contributed by atoms with Crippen LogP contribution in [0.2, 0.25) is 0 Å². The summed E-state index contributed by atoms with van der Waals surface area (Å²) in [5, 5.41) is 3.60. The summed E-state index contributed by atoms with van der Waals surface area (Å²) >= 11 is 0. The van der Waals surface area contributed by atoms with Crippen LogP contribution in [0.25, 0.3) is 0 Å². The van der Waals surface area contributed by atoms with Gasteiger partial charge < -0.3 is 9.73 Å². The SMILES string of the molecule is Cc1occc1CNC1CCCCC1. The molecule has 0 atom stereocenters. The predicted octanol–water partition coefficient (Wildman–Crippen LogP) is 3.01. The van der Waals surface area contributed by atoms with Crippen LogP contribution in [0.4, 0.5) is 0 Å². The van der Waals surface area contributed by atoms with Gasteiger partial charge >= 0.3 is 0 Å². The van der Waals surface area contributed by atoms with Crippen LogP contribution < -0.4 is 5.32 Å². The summed E-state index contributed by atoms with van der Waals surface area (Å²) in [6, 6.07) is 2.79. The molecule has 2 heteroatoms. The van der Waals surface area contributed by atoms with Crippen LogP contribution in [0.3, 0.4) is 0 Å². The lowest BCUT2D eigenvalue weighted by Crippen LogP contribution is -2.30. The second-order valence-electron chi connectivity index (χ2n) is 4.22. The third-order valence-corrected chi connectivity index (χ3v) is 3.15. The molecule has 0 aliphatic heterocycles. The molecule has 0 bridgehead atoms. The molecule has 1 N–H and O–H groups in total. The van der Waals surface area contributed by atoms with Gasteiger partial charge in [0.25, 0.3) is 0 Å². The Morgan fingerprint density at radius 1 is 1.36 bits per heavy atom. The summed E-state index contributed by atoms with van der Waals surface area (Å²) in [5.41, 5.74) is 1.30. The Morgan fingerprint density at radius 3 is 2.79 bits per heavy atom. The minimum Gasteiger partial charge on any atom is -0.469 e. The largest absolute Gasteiger partial charge is 0.469 e. The van der Waals surface area contributed by atoms with Crippen molar-refractivity contribution in [3.8, 4) is 0 Å². The van der Waals surface area contributed by atoms with Gasteiger partial charge in [-0.2, -0.15) is 0 Å². The molecular formula is C12H19NO. The number of nitrogens with one attached hydrogen (secondary N) is 1. The second-order valence-corrected chi connectivity index (χ2v) is 4.22. The molecule has 2 nitrogen and oxygen atoms in total. The first-order valence-corrected chi connectivity index (χ1v) is 5.62. The highest BCUT2D eigenvalue weighted by molar-refractivity contribution is 5.15. The van der Waals surface area contributed by atoms with Crippen molar-refractivity contribution in [3.05, 3.63) is 23.7 Å². The van der Waals surface area contributed by atoms with Crippen LogP contribution in [0.15, 0.2) is 16.7 Å². The van der Waals surface area contributed by atoms with Crippen LogP contribution in [-0.2, 0) is 6.54 Å². The van der Waals surface area contributed by atoms with Gasteiger partial charge in [-0.05, 0) is 25.8 Å². The van der Waals surface area contributed by atoms with Gasteiger partial charge in [-0.3, -0.25) is 0 Å². The predicted molar refractivity (Wildman–Crippen MR) is 57.2 cm³/mol. The number of furan rings is 1. The molecule has 1 aliphatic carbocycles. The van der Waals surface area contributed by atoms with E-state index >= 15 is 0 Å². The van der Waals surface area contributed by atoms with Gasteiger partial charge in [-0.25, -0.2) is 0 Å². The third kappa shape index (κ3) is 2.38. The van der Waals surface area contributed by atoms with Gasteiger partial charge in [-0.1, -0.05) is 19.3 Å². The molecule has 1 fully saturated rings. The standard InChI is InChI=1S/C12H19NO/c1-10-11(7-8-14-10)9-13-12-5-3-2-4-6-12/h7-8,12-13H,2-6,9H2,1H3. The Balaban J connectivity index is 1.79. The smallest absolute Gasteiger partial charge is 0.105 e. The molecule has 1 aromatic heterocycles.